The molecule has 4 heteroatoms. The van der Waals surface area contributed by atoms with Gasteiger partial charge in [-0.3, -0.25) is 5.10 Å². The summed E-state index contributed by atoms with van der Waals surface area (Å²) in [5.41, 5.74) is 7.49. The van der Waals surface area contributed by atoms with E-state index in [0.717, 1.165) is 17.8 Å². The van der Waals surface area contributed by atoms with E-state index < -0.39 is 0 Å². The van der Waals surface area contributed by atoms with E-state index in [1.165, 1.54) is 44.2 Å². The van der Waals surface area contributed by atoms with Crippen molar-refractivity contribution in [1.29, 1.82) is 0 Å². The quantitative estimate of drug-likeness (QED) is 0.809. The molecule has 0 radical (unpaired) electrons. The van der Waals surface area contributed by atoms with Gasteiger partial charge in [-0.25, -0.2) is 0 Å². The highest BCUT2D eigenvalue weighted by atomic mass is 35.5. The van der Waals surface area contributed by atoms with Crippen molar-refractivity contribution in [3.05, 3.63) is 11.8 Å². The number of nitrogens with zero attached hydrogens (tertiary/aromatic N) is 1. The van der Waals surface area contributed by atoms with Crippen LogP contribution in [-0.4, -0.2) is 10.2 Å². The fourth-order valence-electron chi connectivity index (χ4n) is 5.05. The van der Waals surface area contributed by atoms with Crippen molar-refractivity contribution in [2.75, 3.05) is 5.73 Å². The van der Waals surface area contributed by atoms with E-state index in [1.807, 2.05) is 0 Å². The molecule has 0 aromatic carbocycles. The smallest absolute Gasteiger partial charge is 0.145 e. The summed E-state index contributed by atoms with van der Waals surface area (Å²) in [4.78, 5) is 0. The summed E-state index contributed by atoms with van der Waals surface area (Å²) in [5.74, 6) is 3.60. The molecule has 4 saturated carbocycles. The number of nitrogens with one attached hydrogen (secondary N) is 1. The number of aromatic nitrogens is 2. The minimum Gasteiger partial charge on any atom is -0.382 e. The van der Waals surface area contributed by atoms with Gasteiger partial charge >= 0.3 is 0 Å². The van der Waals surface area contributed by atoms with Crippen LogP contribution in [0.4, 0.5) is 5.82 Å². The summed E-state index contributed by atoms with van der Waals surface area (Å²) >= 11 is 0. The van der Waals surface area contributed by atoms with Crippen LogP contribution < -0.4 is 5.73 Å². The first-order chi connectivity index (χ1) is 7.73. The molecule has 1 heterocycles. The van der Waals surface area contributed by atoms with E-state index in [4.69, 9.17) is 5.73 Å². The standard InChI is InChI=1S/C13H19N3.ClH/c14-12-4-11(15-16-12)13-5-8-1-9(6-13)3-10(2-8)7-13;/h4,8-10H,1-3,5-7H2,(H3,14,15,16);1H. The number of halogens is 1. The van der Waals surface area contributed by atoms with Gasteiger partial charge in [-0.05, 0) is 56.3 Å². The Bertz CT molecular complexity index is 391. The van der Waals surface area contributed by atoms with Crippen LogP contribution >= 0.6 is 12.4 Å². The van der Waals surface area contributed by atoms with Gasteiger partial charge < -0.3 is 5.73 Å². The molecule has 4 bridgehead atoms. The summed E-state index contributed by atoms with van der Waals surface area (Å²) < 4.78 is 0. The van der Waals surface area contributed by atoms with Crippen LogP contribution in [0.25, 0.3) is 0 Å². The molecule has 3 nitrogen and oxygen atoms in total. The average Bonchev–Trinajstić information content (AvgIpc) is 2.63. The predicted molar refractivity (Wildman–Crippen MR) is 70.1 cm³/mol. The molecule has 94 valence electrons. The third-order valence-electron chi connectivity index (χ3n) is 5.21. The zero-order valence-corrected chi connectivity index (χ0v) is 10.8. The van der Waals surface area contributed by atoms with Crippen molar-refractivity contribution in [3.8, 4) is 0 Å². The summed E-state index contributed by atoms with van der Waals surface area (Å²) in [6.07, 6.45) is 8.59. The van der Waals surface area contributed by atoms with Gasteiger partial charge in [0.05, 0.1) is 0 Å². The van der Waals surface area contributed by atoms with Crippen molar-refractivity contribution in [2.24, 2.45) is 17.8 Å². The van der Waals surface area contributed by atoms with Crippen molar-refractivity contribution in [2.45, 2.75) is 43.9 Å². The number of H-pyrrole nitrogens is 1. The molecule has 0 saturated heterocycles. The lowest BCUT2D eigenvalue weighted by Gasteiger charge is -2.56. The first kappa shape index (κ1) is 11.4. The van der Waals surface area contributed by atoms with Gasteiger partial charge in [0.25, 0.3) is 0 Å². The number of rotatable bonds is 1. The van der Waals surface area contributed by atoms with Crippen molar-refractivity contribution >= 4 is 18.2 Å². The highest BCUT2D eigenvalue weighted by molar-refractivity contribution is 5.85. The Morgan fingerprint density at radius 3 is 2.06 bits per heavy atom. The van der Waals surface area contributed by atoms with Crippen LogP contribution in [0.3, 0.4) is 0 Å². The minimum atomic E-state index is 0. The molecule has 0 atom stereocenters. The Balaban J connectivity index is 0.000000902. The number of anilines is 1. The zero-order chi connectivity index (χ0) is 10.8. The van der Waals surface area contributed by atoms with E-state index in [1.54, 1.807) is 0 Å². The van der Waals surface area contributed by atoms with E-state index in [0.29, 0.717) is 11.2 Å². The summed E-state index contributed by atoms with van der Waals surface area (Å²) in [7, 11) is 0. The third kappa shape index (κ3) is 1.59. The maximum atomic E-state index is 5.76. The summed E-state index contributed by atoms with van der Waals surface area (Å²) in [6, 6.07) is 2.08. The Morgan fingerprint density at radius 1 is 1.12 bits per heavy atom. The monoisotopic (exact) mass is 253 g/mol. The molecule has 0 amide bonds. The maximum Gasteiger partial charge on any atom is 0.145 e. The zero-order valence-electron chi connectivity index (χ0n) is 9.98. The van der Waals surface area contributed by atoms with Crippen LogP contribution in [0.15, 0.2) is 6.07 Å². The molecular formula is C13H20ClN3. The molecular weight excluding hydrogens is 234 g/mol. The van der Waals surface area contributed by atoms with Gasteiger partial charge in [-0.1, -0.05) is 0 Å². The molecule has 1 aromatic rings. The molecule has 4 aliphatic carbocycles. The lowest BCUT2D eigenvalue weighted by Crippen LogP contribution is -2.48. The first-order valence-corrected chi connectivity index (χ1v) is 6.55. The molecule has 0 aliphatic heterocycles. The second-order valence-corrected chi connectivity index (χ2v) is 6.40. The lowest BCUT2D eigenvalue weighted by atomic mass is 9.49. The summed E-state index contributed by atoms with van der Waals surface area (Å²) in [5, 5.41) is 7.31. The van der Waals surface area contributed by atoms with Gasteiger partial charge in [0.2, 0.25) is 0 Å². The SMILES string of the molecule is Cl.Nc1cc(C23CC4CC(CC(C4)C2)C3)[nH]n1. The normalized spacial score (nSPS) is 42.5. The molecule has 17 heavy (non-hydrogen) atoms. The van der Waals surface area contributed by atoms with Crippen molar-refractivity contribution < 1.29 is 0 Å². The van der Waals surface area contributed by atoms with Crippen LogP contribution in [0, 0.1) is 17.8 Å². The molecule has 3 N–H and O–H groups in total. The van der Waals surface area contributed by atoms with E-state index >= 15 is 0 Å². The molecule has 1 aromatic heterocycles. The topological polar surface area (TPSA) is 54.7 Å². The van der Waals surface area contributed by atoms with Crippen LogP contribution in [0.1, 0.15) is 44.2 Å². The van der Waals surface area contributed by atoms with Gasteiger partial charge in [0.15, 0.2) is 0 Å². The van der Waals surface area contributed by atoms with Crippen LogP contribution in [-0.2, 0) is 5.41 Å². The van der Waals surface area contributed by atoms with Crippen LogP contribution in [0.2, 0.25) is 0 Å². The molecule has 0 unspecified atom stereocenters. The Kier molecular flexibility index (Phi) is 2.44. The van der Waals surface area contributed by atoms with Gasteiger partial charge in [-0.2, -0.15) is 5.10 Å². The van der Waals surface area contributed by atoms with E-state index in [2.05, 4.69) is 16.3 Å². The number of nitrogen functional groups attached to an aromatic ring is 1. The number of hydrogen-bond acceptors (Lipinski definition) is 2. The van der Waals surface area contributed by atoms with Crippen molar-refractivity contribution in [1.82, 2.24) is 10.2 Å². The molecule has 0 spiro atoms. The molecule has 5 rings (SSSR count). The number of hydrogen-bond donors (Lipinski definition) is 2. The number of nitrogens with two attached hydrogens (primary N) is 1. The fourth-order valence-corrected chi connectivity index (χ4v) is 5.05. The Hall–Kier alpha value is -0.700. The van der Waals surface area contributed by atoms with Gasteiger partial charge in [0, 0.05) is 17.2 Å². The van der Waals surface area contributed by atoms with Gasteiger partial charge in [-0.15, -0.1) is 12.4 Å². The van der Waals surface area contributed by atoms with Gasteiger partial charge in [0.1, 0.15) is 5.82 Å². The third-order valence-corrected chi connectivity index (χ3v) is 5.21. The van der Waals surface area contributed by atoms with E-state index in [9.17, 15) is 0 Å². The summed E-state index contributed by atoms with van der Waals surface area (Å²) in [6.45, 7) is 0. The molecule has 4 fully saturated rings. The predicted octanol–water partition coefficient (Wildman–Crippen LogP) is 2.88. The Morgan fingerprint density at radius 2 is 1.65 bits per heavy atom. The second kappa shape index (κ2) is 3.64. The minimum absolute atomic E-state index is 0. The highest BCUT2D eigenvalue weighted by Gasteiger charge is 2.52. The van der Waals surface area contributed by atoms with Crippen LogP contribution in [0.5, 0.6) is 0 Å². The largest absolute Gasteiger partial charge is 0.382 e. The highest BCUT2D eigenvalue weighted by Crippen LogP contribution is 2.60. The maximum absolute atomic E-state index is 5.76. The average molecular weight is 254 g/mol. The Labute approximate surface area is 108 Å². The molecule has 4 aliphatic rings. The number of aromatic amines is 1. The fraction of sp³-hybridized carbons (Fsp3) is 0.769. The first-order valence-electron chi connectivity index (χ1n) is 6.55. The van der Waals surface area contributed by atoms with Crippen molar-refractivity contribution in [3.63, 3.8) is 0 Å². The second-order valence-electron chi connectivity index (χ2n) is 6.40. The lowest BCUT2D eigenvalue weighted by molar-refractivity contribution is -0.00721. The van der Waals surface area contributed by atoms with E-state index in [-0.39, 0.29) is 12.4 Å².